The zero-order chi connectivity index (χ0) is 14.5. The number of hydrogen-bond acceptors (Lipinski definition) is 4. The molecule has 1 fully saturated rings. The minimum Gasteiger partial charge on any atom is -0.480 e. The number of aliphatic carboxylic acids is 1. The second-order valence-electron chi connectivity index (χ2n) is 5.05. The van der Waals surface area contributed by atoms with Crippen molar-refractivity contribution in [2.75, 3.05) is 26.2 Å². The summed E-state index contributed by atoms with van der Waals surface area (Å²) >= 11 is 0. The van der Waals surface area contributed by atoms with Gasteiger partial charge in [0.25, 0.3) is 10.2 Å². The van der Waals surface area contributed by atoms with Crippen LogP contribution in [0.25, 0.3) is 0 Å². The summed E-state index contributed by atoms with van der Waals surface area (Å²) in [6, 6.07) is 0. The van der Waals surface area contributed by atoms with Crippen LogP contribution in [0.3, 0.4) is 0 Å². The minimum absolute atomic E-state index is 0.173. The van der Waals surface area contributed by atoms with E-state index in [0.29, 0.717) is 32.5 Å². The molecule has 0 amide bonds. The summed E-state index contributed by atoms with van der Waals surface area (Å²) < 4.78 is 33.0. The molecule has 112 valence electrons. The van der Waals surface area contributed by atoms with Crippen molar-refractivity contribution >= 4 is 16.2 Å². The van der Waals surface area contributed by atoms with Gasteiger partial charge in [-0.15, -0.1) is 0 Å². The lowest BCUT2D eigenvalue weighted by atomic mass is 10.1. The molecule has 7 nitrogen and oxygen atoms in total. The molecule has 0 radical (unpaired) electrons. The fourth-order valence-corrected chi connectivity index (χ4v) is 3.21. The summed E-state index contributed by atoms with van der Waals surface area (Å²) in [5.41, 5.74) is 0. The normalized spacial score (nSPS) is 18.9. The molecular weight excluding hydrogens is 272 g/mol. The highest BCUT2D eigenvalue weighted by atomic mass is 32.2. The number of carboxylic acids is 1. The van der Waals surface area contributed by atoms with Crippen LogP contribution in [-0.4, -0.2) is 56.1 Å². The van der Waals surface area contributed by atoms with Gasteiger partial charge >= 0.3 is 5.97 Å². The summed E-state index contributed by atoms with van der Waals surface area (Å²) in [5.74, 6) is -0.750. The maximum atomic E-state index is 11.9. The fourth-order valence-electron chi connectivity index (χ4n) is 1.79. The molecular formula is C11H22N2O5S. The lowest BCUT2D eigenvalue weighted by Gasteiger charge is -2.31. The lowest BCUT2D eigenvalue weighted by Crippen LogP contribution is -2.47. The van der Waals surface area contributed by atoms with E-state index in [1.54, 1.807) is 0 Å². The van der Waals surface area contributed by atoms with Gasteiger partial charge in [0.15, 0.2) is 0 Å². The SMILES string of the molecule is CC(C)CNS(=O)(=O)N1CCC(OCC(=O)O)CC1. The van der Waals surface area contributed by atoms with Crippen molar-refractivity contribution in [2.24, 2.45) is 5.92 Å². The predicted octanol–water partition coefficient (Wildman–Crippen LogP) is 0.0424. The van der Waals surface area contributed by atoms with Crippen LogP contribution < -0.4 is 4.72 Å². The summed E-state index contributed by atoms with van der Waals surface area (Å²) in [6.07, 6.45) is 0.874. The van der Waals surface area contributed by atoms with E-state index in [1.807, 2.05) is 13.8 Å². The van der Waals surface area contributed by atoms with Crippen LogP contribution in [0.4, 0.5) is 0 Å². The Kier molecular flexibility index (Phi) is 6.18. The maximum absolute atomic E-state index is 11.9. The molecule has 8 heteroatoms. The Bertz CT molecular complexity index is 388. The molecule has 0 aromatic rings. The van der Waals surface area contributed by atoms with Gasteiger partial charge in [-0.05, 0) is 18.8 Å². The minimum atomic E-state index is -3.42. The molecule has 1 aliphatic rings. The van der Waals surface area contributed by atoms with Crippen molar-refractivity contribution in [3.05, 3.63) is 0 Å². The molecule has 0 aromatic heterocycles. The highest BCUT2D eigenvalue weighted by Crippen LogP contribution is 2.16. The first-order chi connectivity index (χ1) is 8.81. The highest BCUT2D eigenvalue weighted by Gasteiger charge is 2.28. The summed E-state index contributed by atoms with van der Waals surface area (Å²) in [5, 5.41) is 8.51. The van der Waals surface area contributed by atoms with Crippen molar-refractivity contribution in [2.45, 2.75) is 32.8 Å². The number of carboxylic acid groups (broad SMARTS) is 1. The molecule has 0 atom stereocenters. The van der Waals surface area contributed by atoms with E-state index in [4.69, 9.17) is 9.84 Å². The molecule has 0 bridgehead atoms. The second-order valence-corrected chi connectivity index (χ2v) is 6.81. The fraction of sp³-hybridized carbons (Fsp3) is 0.909. The van der Waals surface area contributed by atoms with E-state index in [2.05, 4.69) is 4.72 Å². The molecule has 19 heavy (non-hydrogen) atoms. The Hall–Kier alpha value is -0.700. The topological polar surface area (TPSA) is 95.9 Å². The average molecular weight is 294 g/mol. The van der Waals surface area contributed by atoms with Gasteiger partial charge < -0.3 is 9.84 Å². The number of ether oxygens (including phenoxy) is 1. The Balaban J connectivity index is 2.38. The first-order valence-corrected chi connectivity index (χ1v) is 7.83. The standard InChI is InChI=1S/C11H22N2O5S/c1-9(2)7-12-19(16,17)13-5-3-10(4-6-13)18-8-11(14)15/h9-10,12H,3-8H2,1-2H3,(H,14,15). The van der Waals surface area contributed by atoms with E-state index in [9.17, 15) is 13.2 Å². The monoisotopic (exact) mass is 294 g/mol. The maximum Gasteiger partial charge on any atom is 0.329 e. The smallest absolute Gasteiger partial charge is 0.329 e. The zero-order valence-electron chi connectivity index (χ0n) is 11.3. The van der Waals surface area contributed by atoms with Gasteiger partial charge in [0.1, 0.15) is 6.61 Å². The van der Waals surface area contributed by atoms with Crippen LogP contribution in [0.15, 0.2) is 0 Å². The zero-order valence-corrected chi connectivity index (χ0v) is 12.1. The number of nitrogens with one attached hydrogen (secondary N) is 1. The molecule has 0 aliphatic carbocycles. The van der Waals surface area contributed by atoms with Crippen molar-refractivity contribution in [3.8, 4) is 0 Å². The predicted molar refractivity (Wildman–Crippen MR) is 69.9 cm³/mol. The molecule has 1 heterocycles. The van der Waals surface area contributed by atoms with E-state index in [-0.39, 0.29) is 18.6 Å². The van der Waals surface area contributed by atoms with Crippen LogP contribution in [0.5, 0.6) is 0 Å². The van der Waals surface area contributed by atoms with Crippen LogP contribution in [0, 0.1) is 5.92 Å². The number of hydrogen-bond donors (Lipinski definition) is 2. The molecule has 1 saturated heterocycles. The van der Waals surface area contributed by atoms with Crippen molar-refractivity contribution in [3.63, 3.8) is 0 Å². The Morgan fingerprint density at radius 3 is 2.47 bits per heavy atom. The van der Waals surface area contributed by atoms with Gasteiger partial charge in [-0.3, -0.25) is 0 Å². The molecule has 0 saturated carbocycles. The van der Waals surface area contributed by atoms with E-state index < -0.39 is 16.2 Å². The van der Waals surface area contributed by atoms with Crippen LogP contribution in [0.1, 0.15) is 26.7 Å². The first kappa shape index (κ1) is 16.4. The van der Waals surface area contributed by atoms with Crippen molar-refractivity contribution in [1.82, 2.24) is 9.03 Å². The largest absolute Gasteiger partial charge is 0.480 e. The average Bonchev–Trinajstić information content (AvgIpc) is 2.34. The summed E-state index contributed by atoms with van der Waals surface area (Å²) in [6.45, 7) is 4.68. The quantitative estimate of drug-likeness (QED) is 0.691. The van der Waals surface area contributed by atoms with Gasteiger partial charge in [-0.2, -0.15) is 12.7 Å². The van der Waals surface area contributed by atoms with Crippen LogP contribution in [-0.2, 0) is 19.7 Å². The third-order valence-corrected chi connectivity index (χ3v) is 4.43. The molecule has 2 N–H and O–H groups in total. The molecule has 1 aliphatic heterocycles. The third-order valence-electron chi connectivity index (χ3n) is 2.86. The van der Waals surface area contributed by atoms with Crippen LogP contribution >= 0.6 is 0 Å². The van der Waals surface area contributed by atoms with Gasteiger partial charge in [0.05, 0.1) is 6.10 Å². The molecule has 0 aromatic carbocycles. The Morgan fingerprint density at radius 2 is 2.00 bits per heavy atom. The molecule has 1 rings (SSSR count). The number of rotatable bonds is 7. The van der Waals surface area contributed by atoms with E-state index >= 15 is 0 Å². The van der Waals surface area contributed by atoms with Gasteiger partial charge in [-0.1, -0.05) is 13.8 Å². The van der Waals surface area contributed by atoms with Crippen molar-refractivity contribution < 1.29 is 23.1 Å². The van der Waals surface area contributed by atoms with Gasteiger partial charge in [0.2, 0.25) is 0 Å². The second kappa shape index (κ2) is 7.18. The number of carbonyl (C=O) groups is 1. The third kappa shape index (κ3) is 5.85. The summed E-state index contributed by atoms with van der Waals surface area (Å²) in [7, 11) is -3.42. The number of piperidine rings is 1. The Labute approximate surface area is 114 Å². The van der Waals surface area contributed by atoms with Crippen LogP contribution in [0.2, 0.25) is 0 Å². The van der Waals surface area contributed by atoms with Gasteiger partial charge in [0, 0.05) is 19.6 Å². The van der Waals surface area contributed by atoms with Gasteiger partial charge in [-0.25, -0.2) is 9.52 Å². The highest BCUT2D eigenvalue weighted by molar-refractivity contribution is 7.87. The number of nitrogens with zero attached hydrogens (tertiary/aromatic N) is 1. The first-order valence-electron chi connectivity index (χ1n) is 6.39. The summed E-state index contributed by atoms with van der Waals surface area (Å²) in [4.78, 5) is 10.4. The lowest BCUT2D eigenvalue weighted by molar-refractivity contribution is -0.145. The Morgan fingerprint density at radius 1 is 1.42 bits per heavy atom. The van der Waals surface area contributed by atoms with E-state index in [1.165, 1.54) is 4.31 Å². The van der Waals surface area contributed by atoms with E-state index in [0.717, 1.165) is 0 Å². The molecule has 0 spiro atoms. The molecule has 0 unspecified atom stereocenters. The van der Waals surface area contributed by atoms with Crippen molar-refractivity contribution in [1.29, 1.82) is 0 Å².